The van der Waals surface area contributed by atoms with Crippen LogP contribution in [0.5, 0.6) is 0 Å². The first-order valence-electron chi connectivity index (χ1n) is 7.66. The molecule has 17 heavy (non-hydrogen) atoms. The predicted octanol–water partition coefficient (Wildman–Crippen LogP) is 3.49. The summed E-state index contributed by atoms with van der Waals surface area (Å²) in [6.07, 6.45) is 13.9. The van der Waals surface area contributed by atoms with Gasteiger partial charge in [0.05, 0.1) is 6.04 Å². The van der Waals surface area contributed by atoms with E-state index >= 15 is 0 Å². The van der Waals surface area contributed by atoms with Crippen LogP contribution >= 0.6 is 0 Å². The maximum absolute atomic E-state index is 3.77. The molecule has 1 nitrogen and oxygen atoms in total. The summed E-state index contributed by atoms with van der Waals surface area (Å²) in [7, 11) is 0. The molecule has 3 saturated carbocycles. The first-order chi connectivity index (χ1) is 8.42. The van der Waals surface area contributed by atoms with Crippen LogP contribution < -0.4 is 5.32 Å². The summed E-state index contributed by atoms with van der Waals surface area (Å²) in [5.41, 5.74) is 0. The molecule has 0 saturated heterocycles. The van der Waals surface area contributed by atoms with Crippen LogP contribution in [0, 0.1) is 23.7 Å². The van der Waals surface area contributed by atoms with Crippen LogP contribution in [-0.4, -0.2) is 12.1 Å². The Morgan fingerprint density at radius 1 is 0.941 bits per heavy atom. The van der Waals surface area contributed by atoms with Crippen LogP contribution in [-0.2, 0) is 0 Å². The fraction of sp³-hybridized carbons (Fsp3) is 0.875. The van der Waals surface area contributed by atoms with Crippen molar-refractivity contribution >= 4 is 0 Å². The number of hydrogen-bond donors (Lipinski definition) is 1. The van der Waals surface area contributed by atoms with Gasteiger partial charge in [0.25, 0.3) is 0 Å². The lowest BCUT2D eigenvalue weighted by Gasteiger charge is -2.29. The molecule has 3 aliphatic rings. The highest BCUT2D eigenvalue weighted by atomic mass is 15.0. The molecule has 0 aromatic heterocycles. The maximum Gasteiger partial charge on any atom is 0.0720 e. The van der Waals surface area contributed by atoms with Crippen LogP contribution in [0.3, 0.4) is 0 Å². The van der Waals surface area contributed by atoms with Gasteiger partial charge in [-0.3, -0.25) is 0 Å². The van der Waals surface area contributed by atoms with E-state index in [2.05, 4.69) is 17.2 Å². The molecule has 1 heteroatoms. The third-order valence-electron chi connectivity index (χ3n) is 4.74. The van der Waals surface area contributed by atoms with Gasteiger partial charge in [0.15, 0.2) is 0 Å². The van der Waals surface area contributed by atoms with Gasteiger partial charge in [-0.25, -0.2) is 0 Å². The van der Waals surface area contributed by atoms with Gasteiger partial charge >= 0.3 is 0 Å². The molecule has 1 N–H and O–H groups in total. The van der Waals surface area contributed by atoms with Gasteiger partial charge in [-0.2, -0.15) is 0 Å². The molecule has 1 atom stereocenters. The SMILES string of the molecule is C(#CC(NC1CCC1)C1CC1)CC1CCCC1. The lowest BCUT2D eigenvalue weighted by molar-refractivity contribution is 0.314. The molecule has 0 spiro atoms. The summed E-state index contributed by atoms with van der Waals surface area (Å²) >= 11 is 0. The van der Waals surface area contributed by atoms with E-state index in [1.54, 1.807) is 0 Å². The minimum Gasteiger partial charge on any atom is -0.301 e. The Balaban J connectivity index is 1.46. The Hall–Kier alpha value is -0.480. The van der Waals surface area contributed by atoms with Crippen LogP contribution in [0.1, 0.15) is 64.2 Å². The Labute approximate surface area is 106 Å². The van der Waals surface area contributed by atoms with Gasteiger partial charge in [0.2, 0.25) is 0 Å². The van der Waals surface area contributed by atoms with E-state index in [0.29, 0.717) is 6.04 Å². The molecule has 0 heterocycles. The van der Waals surface area contributed by atoms with Gasteiger partial charge in [0.1, 0.15) is 0 Å². The van der Waals surface area contributed by atoms with Crippen molar-refractivity contribution in [3.8, 4) is 11.8 Å². The second kappa shape index (κ2) is 5.44. The van der Waals surface area contributed by atoms with E-state index in [1.807, 2.05) is 0 Å². The lowest BCUT2D eigenvalue weighted by atomic mass is 9.92. The lowest BCUT2D eigenvalue weighted by Crippen LogP contribution is -2.42. The summed E-state index contributed by atoms with van der Waals surface area (Å²) < 4.78 is 0. The number of nitrogens with one attached hydrogen (secondary N) is 1. The van der Waals surface area contributed by atoms with E-state index in [1.165, 1.54) is 57.8 Å². The molecular formula is C16H25N. The van der Waals surface area contributed by atoms with Crippen molar-refractivity contribution < 1.29 is 0 Å². The van der Waals surface area contributed by atoms with E-state index in [0.717, 1.165) is 24.3 Å². The monoisotopic (exact) mass is 231 g/mol. The molecule has 3 aliphatic carbocycles. The Kier molecular flexibility index (Phi) is 3.71. The molecule has 0 amide bonds. The van der Waals surface area contributed by atoms with Crippen molar-refractivity contribution in [1.29, 1.82) is 0 Å². The number of hydrogen-bond acceptors (Lipinski definition) is 1. The largest absolute Gasteiger partial charge is 0.301 e. The van der Waals surface area contributed by atoms with E-state index in [9.17, 15) is 0 Å². The molecule has 0 aromatic carbocycles. The average molecular weight is 231 g/mol. The first kappa shape index (κ1) is 11.6. The summed E-state index contributed by atoms with van der Waals surface area (Å²) in [5.74, 6) is 8.84. The maximum atomic E-state index is 3.77. The second-order valence-corrected chi connectivity index (χ2v) is 6.29. The predicted molar refractivity (Wildman–Crippen MR) is 71.6 cm³/mol. The smallest absolute Gasteiger partial charge is 0.0720 e. The highest BCUT2D eigenvalue weighted by molar-refractivity contribution is 5.14. The van der Waals surface area contributed by atoms with Crippen molar-refractivity contribution in [3.05, 3.63) is 0 Å². The zero-order valence-corrected chi connectivity index (χ0v) is 10.9. The van der Waals surface area contributed by atoms with Crippen LogP contribution in [0.4, 0.5) is 0 Å². The van der Waals surface area contributed by atoms with Crippen molar-refractivity contribution in [1.82, 2.24) is 5.32 Å². The van der Waals surface area contributed by atoms with Gasteiger partial charge < -0.3 is 5.32 Å². The summed E-state index contributed by atoms with van der Waals surface area (Å²) in [6.45, 7) is 0. The molecular weight excluding hydrogens is 206 g/mol. The Morgan fingerprint density at radius 2 is 1.71 bits per heavy atom. The highest BCUT2D eigenvalue weighted by Gasteiger charge is 2.32. The topological polar surface area (TPSA) is 12.0 Å². The molecule has 3 rings (SSSR count). The van der Waals surface area contributed by atoms with Crippen molar-refractivity contribution in [2.45, 2.75) is 76.3 Å². The third-order valence-corrected chi connectivity index (χ3v) is 4.74. The number of rotatable bonds is 4. The second-order valence-electron chi connectivity index (χ2n) is 6.29. The van der Waals surface area contributed by atoms with E-state index in [-0.39, 0.29) is 0 Å². The third kappa shape index (κ3) is 3.26. The molecule has 0 aromatic rings. The minimum absolute atomic E-state index is 0.529. The van der Waals surface area contributed by atoms with Crippen molar-refractivity contribution in [2.24, 2.45) is 11.8 Å². The first-order valence-corrected chi connectivity index (χ1v) is 7.66. The zero-order chi connectivity index (χ0) is 11.5. The fourth-order valence-corrected chi connectivity index (χ4v) is 3.08. The van der Waals surface area contributed by atoms with Crippen molar-refractivity contribution in [2.75, 3.05) is 0 Å². The highest BCUT2D eigenvalue weighted by Crippen LogP contribution is 2.34. The Bertz CT molecular complexity index is 297. The fourth-order valence-electron chi connectivity index (χ4n) is 3.08. The molecule has 0 bridgehead atoms. The quantitative estimate of drug-likeness (QED) is 0.730. The molecule has 94 valence electrons. The molecule has 0 radical (unpaired) electrons. The standard InChI is InChI=1S/C16H25N/c1-2-6-13(5-1)7-3-10-16(14-11-12-14)17-15-8-4-9-15/h13-17H,1-2,4-9,11-12H2. The van der Waals surface area contributed by atoms with Crippen molar-refractivity contribution in [3.63, 3.8) is 0 Å². The molecule has 0 aliphatic heterocycles. The molecule has 3 fully saturated rings. The van der Waals surface area contributed by atoms with E-state index in [4.69, 9.17) is 0 Å². The average Bonchev–Trinajstić information content (AvgIpc) is 2.99. The Morgan fingerprint density at radius 3 is 2.29 bits per heavy atom. The minimum atomic E-state index is 0.529. The van der Waals surface area contributed by atoms with Crippen LogP contribution in [0.2, 0.25) is 0 Å². The van der Waals surface area contributed by atoms with Crippen LogP contribution in [0.25, 0.3) is 0 Å². The van der Waals surface area contributed by atoms with E-state index < -0.39 is 0 Å². The van der Waals surface area contributed by atoms with Gasteiger partial charge in [0, 0.05) is 12.5 Å². The summed E-state index contributed by atoms with van der Waals surface area (Å²) in [6, 6.07) is 1.32. The summed E-state index contributed by atoms with van der Waals surface area (Å²) in [4.78, 5) is 0. The summed E-state index contributed by atoms with van der Waals surface area (Å²) in [5, 5.41) is 3.77. The van der Waals surface area contributed by atoms with Gasteiger partial charge in [-0.1, -0.05) is 25.2 Å². The van der Waals surface area contributed by atoms with Gasteiger partial charge in [-0.15, -0.1) is 5.92 Å². The normalized spacial score (nSPS) is 27.3. The van der Waals surface area contributed by atoms with Crippen LogP contribution in [0.15, 0.2) is 0 Å². The zero-order valence-electron chi connectivity index (χ0n) is 10.9. The molecule has 1 unspecified atom stereocenters. The van der Waals surface area contributed by atoms with Gasteiger partial charge in [-0.05, 0) is 50.4 Å².